The van der Waals surface area contributed by atoms with Crippen LogP contribution in [0.25, 0.3) is 5.57 Å². The highest BCUT2D eigenvalue weighted by Crippen LogP contribution is 2.36. The molecule has 0 bridgehead atoms. The minimum Gasteiger partial charge on any atom is -0.399 e. The van der Waals surface area contributed by atoms with E-state index >= 15 is 0 Å². The van der Waals surface area contributed by atoms with E-state index in [1.54, 1.807) is 0 Å². The van der Waals surface area contributed by atoms with Crippen LogP contribution in [0.4, 0.5) is 0 Å². The van der Waals surface area contributed by atoms with Crippen molar-refractivity contribution in [3.05, 3.63) is 30.2 Å². The molecule has 1 aromatic rings. The lowest BCUT2D eigenvalue weighted by Gasteiger charge is -2.32. The molecule has 124 valence electrons. The van der Waals surface area contributed by atoms with Crippen LogP contribution in [0.2, 0.25) is 0 Å². The number of rotatable bonds is 4. The molecule has 0 unspecified atom stereocenters. The average Bonchev–Trinajstić information content (AvgIpc) is 2.73. The number of hydrogen-bond acceptors (Lipinski definition) is 4. The van der Waals surface area contributed by atoms with Crippen molar-refractivity contribution >= 4 is 23.9 Å². The summed E-state index contributed by atoms with van der Waals surface area (Å²) in [5.41, 5.74) is 3.33. The van der Waals surface area contributed by atoms with Crippen LogP contribution < -0.4 is 5.46 Å². The van der Waals surface area contributed by atoms with E-state index in [2.05, 4.69) is 44.6 Å². The van der Waals surface area contributed by atoms with Gasteiger partial charge in [-0.25, -0.2) is 0 Å². The van der Waals surface area contributed by atoms with Crippen LogP contribution in [0.15, 0.2) is 29.5 Å². The Hall–Kier alpha value is -1.46. The maximum Gasteiger partial charge on any atom is 0.496 e. The molecule has 2 heterocycles. The highest BCUT2D eigenvalue weighted by molar-refractivity contribution is 6.62. The molecule has 0 atom stereocenters. The monoisotopic (exact) mass is 314 g/mol. The van der Waals surface area contributed by atoms with Crippen molar-refractivity contribution in [2.45, 2.75) is 66.1 Å². The van der Waals surface area contributed by atoms with Crippen molar-refractivity contribution in [3.8, 4) is 0 Å². The second kappa shape index (κ2) is 6.58. The van der Waals surface area contributed by atoms with Crippen molar-refractivity contribution in [2.24, 2.45) is 4.99 Å². The topological polar surface area (TPSA) is 43.7 Å². The van der Waals surface area contributed by atoms with E-state index in [0.29, 0.717) is 0 Å². The molecule has 0 aromatic carbocycles. The number of allylic oxidation sites excluding steroid dienone is 1. The van der Waals surface area contributed by atoms with Gasteiger partial charge in [0.25, 0.3) is 0 Å². The van der Waals surface area contributed by atoms with E-state index in [0.717, 1.165) is 28.9 Å². The molecule has 0 spiro atoms. The second-order valence-corrected chi connectivity index (χ2v) is 7.10. The molecule has 23 heavy (non-hydrogen) atoms. The maximum absolute atomic E-state index is 6.05. The Kier molecular flexibility index (Phi) is 5.12. The first-order chi connectivity index (χ1) is 10.7. The summed E-state index contributed by atoms with van der Waals surface area (Å²) in [6, 6.07) is 4.00. The van der Waals surface area contributed by atoms with Crippen molar-refractivity contribution in [1.82, 2.24) is 4.98 Å². The summed E-state index contributed by atoms with van der Waals surface area (Å²) in [7, 11) is -0.369. The number of pyridine rings is 1. The zero-order valence-corrected chi connectivity index (χ0v) is 15.3. The van der Waals surface area contributed by atoms with Crippen molar-refractivity contribution in [3.63, 3.8) is 0 Å². The van der Waals surface area contributed by atoms with Gasteiger partial charge in [0.15, 0.2) is 0 Å². The normalized spacial score (nSPS) is 20.9. The Labute approximate surface area is 140 Å². The lowest BCUT2D eigenvalue weighted by Crippen LogP contribution is -2.41. The number of aliphatic imine (C=N–C) groups is 1. The third kappa shape index (κ3) is 3.90. The molecule has 0 aliphatic carbocycles. The zero-order chi connectivity index (χ0) is 17.3. The SMILES string of the molecule is CCC(C)=N/C=C(\C)c1ccc(B2OC(C)(C)C(C)(C)O2)cn1. The van der Waals surface area contributed by atoms with Crippen molar-refractivity contribution < 1.29 is 9.31 Å². The van der Waals surface area contributed by atoms with Crippen molar-refractivity contribution in [1.29, 1.82) is 0 Å². The van der Waals surface area contributed by atoms with E-state index in [-0.39, 0.29) is 18.3 Å². The standard InChI is InChI=1S/C18H27BN2O2/c1-8-14(3)20-11-13(2)16-10-9-15(12-21-16)19-22-17(4,5)18(6,7)23-19/h9-12H,8H2,1-7H3/b13-11+,20-14?. The summed E-state index contributed by atoms with van der Waals surface area (Å²) in [5.74, 6) is 0. The zero-order valence-electron chi connectivity index (χ0n) is 15.3. The molecule has 1 aliphatic heterocycles. The summed E-state index contributed by atoms with van der Waals surface area (Å²) < 4.78 is 12.1. The molecular weight excluding hydrogens is 287 g/mol. The molecule has 1 fully saturated rings. The van der Waals surface area contributed by atoms with Crippen LogP contribution in [-0.2, 0) is 9.31 Å². The third-order valence-corrected chi connectivity index (χ3v) is 4.71. The van der Waals surface area contributed by atoms with Gasteiger partial charge in [-0.15, -0.1) is 0 Å². The predicted octanol–water partition coefficient (Wildman–Crippen LogP) is 3.61. The Morgan fingerprint density at radius 1 is 1.17 bits per heavy atom. The average molecular weight is 314 g/mol. The first-order valence-electron chi connectivity index (χ1n) is 8.18. The molecule has 4 nitrogen and oxygen atoms in total. The van der Waals surface area contributed by atoms with Crippen LogP contribution in [0.1, 0.15) is 60.6 Å². The molecule has 1 aromatic heterocycles. The van der Waals surface area contributed by atoms with Gasteiger partial charge in [0.2, 0.25) is 0 Å². The van der Waals surface area contributed by atoms with Crippen molar-refractivity contribution in [2.75, 3.05) is 0 Å². The molecule has 5 heteroatoms. The van der Waals surface area contributed by atoms with Crippen LogP contribution in [0.5, 0.6) is 0 Å². The van der Waals surface area contributed by atoms with Gasteiger partial charge in [-0.2, -0.15) is 0 Å². The summed E-state index contributed by atoms with van der Waals surface area (Å²) in [5, 5.41) is 0. The number of aromatic nitrogens is 1. The van der Waals surface area contributed by atoms with E-state index in [1.807, 2.05) is 38.4 Å². The van der Waals surface area contributed by atoms with E-state index in [4.69, 9.17) is 9.31 Å². The third-order valence-electron chi connectivity index (χ3n) is 4.71. The van der Waals surface area contributed by atoms with Gasteiger partial charge in [0.1, 0.15) is 0 Å². The van der Waals surface area contributed by atoms with E-state index in [1.165, 1.54) is 0 Å². The molecule has 0 radical (unpaired) electrons. The van der Waals surface area contributed by atoms with Gasteiger partial charge in [-0.3, -0.25) is 9.98 Å². The lowest BCUT2D eigenvalue weighted by molar-refractivity contribution is 0.00578. The Balaban J connectivity index is 2.15. The van der Waals surface area contributed by atoms with Crippen LogP contribution in [-0.4, -0.2) is 29.0 Å². The minimum atomic E-state index is -0.369. The Bertz CT molecular complexity index is 602. The molecule has 2 rings (SSSR count). The second-order valence-electron chi connectivity index (χ2n) is 7.10. The number of nitrogens with zero attached hydrogens (tertiary/aromatic N) is 2. The van der Waals surface area contributed by atoms with Gasteiger partial charge >= 0.3 is 7.12 Å². The minimum absolute atomic E-state index is 0.335. The molecule has 1 saturated heterocycles. The molecular formula is C18H27BN2O2. The summed E-state index contributed by atoms with van der Waals surface area (Å²) in [6.07, 6.45) is 4.65. The highest BCUT2D eigenvalue weighted by Gasteiger charge is 2.51. The molecule has 0 N–H and O–H groups in total. The van der Waals surface area contributed by atoms with Crippen LogP contribution >= 0.6 is 0 Å². The van der Waals surface area contributed by atoms with Gasteiger partial charge in [-0.05, 0) is 59.6 Å². The fourth-order valence-electron chi connectivity index (χ4n) is 2.12. The Morgan fingerprint density at radius 2 is 1.78 bits per heavy atom. The van der Waals surface area contributed by atoms with E-state index in [9.17, 15) is 0 Å². The van der Waals surface area contributed by atoms with Gasteiger partial charge < -0.3 is 9.31 Å². The Morgan fingerprint density at radius 3 is 2.26 bits per heavy atom. The summed E-state index contributed by atoms with van der Waals surface area (Å²) in [4.78, 5) is 8.95. The molecule has 0 saturated carbocycles. The van der Waals surface area contributed by atoms with Gasteiger partial charge in [-0.1, -0.05) is 13.0 Å². The lowest BCUT2D eigenvalue weighted by atomic mass is 9.80. The molecule has 1 aliphatic rings. The largest absolute Gasteiger partial charge is 0.496 e. The quantitative estimate of drug-likeness (QED) is 0.630. The highest BCUT2D eigenvalue weighted by atomic mass is 16.7. The first-order valence-corrected chi connectivity index (χ1v) is 8.18. The fraction of sp³-hybridized carbons (Fsp3) is 0.556. The first kappa shape index (κ1) is 17.9. The van der Waals surface area contributed by atoms with Crippen LogP contribution in [0.3, 0.4) is 0 Å². The fourth-order valence-corrected chi connectivity index (χ4v) is 2.12. The smallest absolute Gasteiger partial charge is 0.399 e. The van der Waals surface area contributed by atoms with E-state index < -0.39 is 0 Å². The summed E-state index contributed by atoms with van der Waals surface area (Å²) >= 11 is 0. The predicted molar refractivity (Wildman–Crippen MR) is 97.0 cm³/mol. The maximum atomic E-state index is 6.05. The van der Waals surface area contributed by atoms with Crippen LogP contribution in [0, 0.1) is 0 Å². The molecule has 0 amide bonds. The summed E-state index contributed by atoms with van der Waals surface area (Å²) in [6.45, 7) is 14.3. The number of hydrogen-bond donors (Lipinski definition) is 0. The van der Waals surface area contributed by atoms with Gasteiger partial charge in [0.05, 0.1) is 16.9 Å². The van der Waals surface area contributed by atoms with Gasteiger partial charge in [0, 0.05) is 23.6 Å².